The summed E-state index contributed by atoms with van der Waals surface area (Å²) in [6.45, 7) is 9.47. The first kappa shape index (κ1) is 16.7. The fourth-order valence-electron chi connectivity index (χ4n) is 3.70. The van der Waals surface area contributed by atoms with Crippen LogP contribution < -0.4 is 4.74 Å². The lowest BCUT2D eigenvalue weighted by Gasteiger charge is -2.39. The van der Waals surface area contributed by atoms with Crippen molar-refractivity contribution in [3.63, 3.8) is 0 Å². The van der Waals surface area contributed by atoms with Gasteiger partial charge in [0.1, 0.15) is 17.5 Å². The Hall–Kier alpha value is -2.75. The summed E-state index contributed by atoms with van der Waals surface area (Å²) in [6.07, 6.45) is 0.0636. The summed E-state index contributed by atoms with van der Waals surface area (Å²) < 4.78 is 6.02. The molecule has 0 aliphatic carbocycles. The highest BCUT2D eigenvalue weighted by molar-refractivity contribution is 6.02. The largest absolute Gasteiger partial charge is 0.486 e. The molecule has 0 atom stereocenters. The Morgan fingerprint density at radius 1 is 1.08 bits per heavy atom. The van der Waals surface area contributed by atoms with Crippen LogP contribution in [0, 0.1) is 27.7 Å². The highest BCUT2D eigenvalue weighted by Gasteiger charge is 2.34. The summed E-state index contributed by atoms with van der Waals surface area (Å²) in [6, 6.07) is 12.3. The van der Waals surface area contributed by atoms with Crippen LogP contribution in [0.2, 0.25) is 0 Å². The smallest absolute Gasteiger partial charge is 0.270 e. The predicted octanol–water partition coefficient (Wildman–Crippen LogP) is 4.30. The third kappa shape index (κ3) is 2.75. The number of nitrogens with one attached hydrogen (secondary N) is 1. The van der Waals surface area contributed by atoms with Crippen molar-refractivity contribution in [1.82, 2.24) is 9.88 Å². The van der Waals surface area contributed by atoms with Gasteiger partial charge in [0.15, 0.2) is 0 Å². The molecule has 26 heavy (non-hydrogen) atoms. The standard InChI is InChI=1S/C22H24N2O2/c1-13-9-15(3)20-18(10-13)16(4)21(23-20)22(25)24-11-17(12-24)26-19-8-6-5-7-14(19)2/h5-10,17,23H,11-12H2,1-4H3. The first-order valence-corrected chi connectivity index (χ1v) is 9.05. The first-order valence-electron chi connectivity index (χ1n) is 9.05. The maximum absolute atomic E-state index is 12.9. The molecule has 4 nitrogen and oxygen atoms in total. The van der Waals surface area contributed by atoms with Crippen molar-refractivity contribution in [3.8, 4) is 5.75 Å². The second-order valence-electron chi connectivity index (χ2n) is 7.34. The molecule has 1 amide bonds. The van der Waals surface area contributed by atoms with Gasteiger partial charge in [-0.1, -0.05) is 29.8 Å². The summed E-state index contributed by atoms with van der Waals surface area (Å²) >= 11 is 0. The summed E-state index contributed by atoms with van der Waals surface area (Å²) in [5.41, 5.74) is 6.29. The van der Waals surface area contributed by atoms with Gasteiger partial charge in [-0.3, -0.25) is 4.79 Å². The number of amides is 1. The highest BCUT2D eigenvalue weighted by Crippen LogP contribution is 2.28. The topological polar surface area (TPSA) is 45.3 Å². The molecule has 1 fully saturated rings. The van der Waals surface area contributed by atoms with Gasteiger partial charge >= 0.3 is 0 Å². The van der Waals surface area contributed by atoms with Gasteiger partial charge in [0, 0.05) is 10.9 Å². The number of likely N-dealkylation sites (tertiary alicyclic amines) is 1. The van der Waals surface area contributed by atoms with Gasteiger partial charge in [-0.2, -0.15) is 0 Å². The van der Waals surface area contributed by atoms with E-state index in [0.717, 1.165) is 27.8 Å². The van der Waals surface area contributed by atoms with E-state index in [1.807, 2.05) is 43.0 Å². The number of nitrogens with zero attached hydrogens (tertiary/aromatic N) is 1. The van der Waals surface area contributed by atoms with E-state index < -0.39 is 0 Å². The summed E-state index contributed by atoms with van der Waals surface area (Å²) in [5.74, 6) is 0.956. The van der Waals surface area contributed by atoms with E-state index in [4.69, 9.17) is 4.74 Å². The quantitative estimate of drug-likeness (QED) is 0.767. The van der Waals surface area contributed by atoms with Crippen molar-refractivity contribution in [2.45, 2.75) is 33.8 Å². The predicted molar refractivity (Wildman–Crippen MR) is 104 cm³/mol. The van der Waals surface area contributed by atoms with Crippen LogP contribution in [-0.2, 0) is 0 Å². The Kier molecular flexibility index (Phi) is 3.98. The zero-order valence-electron chi connectivity index (χ0n) is 15.7. The number of para-hydroxylation sites is 1. The molecule has 1 aliphatic heterocycles. The number of carbonyl (C=O) groups excluding carboxylic acids is 1. The van der Waals surface area contributed by atoms with Gasteiger partial charge in [0.25, 0.3) is 5.91 Å². The third-order valence-electron chi connectivity index (χ3n) is 5.25. The van der Waals surface area contributed by atoms with Crippen LogP contribution >= 0.6 is 0 Å². The number of rotatable bonds is 3. The van der Waals surface area contributed by atoms with Gasteiger partial charge in [-0.25, -0.2) is 0 Å². The molecule has 2 aromatic carbocycles. The van der Waals surface area contributed by atoms with E-state index in [1.165, 1.54) is 11.1 Å². The minimum atomic E-state index is 0.0559. The van der Waals surface area contributed by atoms with Crippen LogP contribution in [0.1, 0.15) is 32.7 Å². The number of ether oxygens (including phenoxy) is 1. The molecular weight excluding hydrogens is 324 g/mol. The molecule has 0 spiro atoms. The molecule has 0 bridgehead atoms. The molecule has 1 aliphatic rings. The average molecular weight is 348 g/mol. The minimum absolute atomic E-state index is 0.0559. The number of hydrogen-bond acceptors (Lipinski definition) is 2. The van der Waals surface area contributed by atoms with Crippen LogP contribution in [0.5, 0.6) is 5.75 Å². The van der Waals surface area contributed by atoms with Crippen LogP contribution in [0.15, 0.2) is 36.4 Å². The Balaban J connectivity index is 1.50. The maximum Gasteiger partial charge on any atom is 0.270 e. The normalized spacial score (nSPS) is 14.5. The van der Waals surface area contributed by atoms with E-state index >= 15 is 0 Å². The van der Waals surface area contributed by atoms with Crippen molar-refractivity contribution in [2.24, 2.45) is 0 Å². The molecule has 4 rings (SSSR count). The molecule has 0 unspecified atom stereocenters. The zero-order chi connectivity index (χ0) is 18.4. The van der Waals surface area contributed by atoms with Crippen molar-refractivity contribution in [2.75, 3.05) is 13.1 Å². The molecule has 2 heterocycles. The Bertz CT molecular complexity index is 997. The molecule has 3 aromatic rings. The molecule has 1 aromatic heterocycles. The number of fused-ring (bicyclic) bond motifs is 1. The molecule has 1 N–H and O–H groups in total. The molecular formula is C22H24N2O2. The first-order chi connectivity index (χ1) is 12.4. The monoisotopic (exact) mass is 348 g/mol. The van der Waals surface area contributed by atoms with Gasteiger partial charge in [0.2, 0.25) is 0 Å². The van der Waals surface area contributed by atoms with Gasteiger partial charge in [-0.05, 0) is 56.5 Å². The van der Waals surface area contributed by atoms with Crippen LogP contribution in [0.3, 0.4) is 0 Å². The highest BCUT2D eigenvalue weighted by atomic mass is 16.5. The Morgan fingerprint density at radius 3 is 2.54 bits per heavy atom. The second kappa shape index (κ2) is 6.20. The van der Waals surface area contributed by atoms with Gasteiger partial charge in [0.05, 0.1) is 13.1 Å². The molecule has 134 valence electrons. The summed E-state index contributed by atoms with van der Waals surface area (Å²) in [7, 11) is 0. The minimum Gasteiger partial charge on any atom is -0.486 e. The number of benzene rings is 2. The van der Waals surface area contributed by atoms with E-state index in [2.05, 4.69) is 31.0 Å². The molecule has 0 radical (unpaired) electrons. The second-order valence-corrected chi connectivity index (χ2v) is 7.34. The Labute approximate surface area is 153 Å². The number of H-pyrrole nitrogens is 1. The third-order valence-corrected chi connectivity index (χ3v) is 5.25. The van der Waals surface area contributed by atoms with E-state index in [0.29, 0.717) is 18.8 Å². The van der Waals surface area contributed by atoms with E-state index in [9.17, 15) is 4.79 Å². The SMILES string of the molecule is Cc1cc(C)c2[nH]c(C(=O)N3CC(Oc4ccccc4C)C3)c(C)c2c1. The molecule has 1 saturated heterocycles. The van der Waals surface area contributed by atoms with Crippen molar-refractivity contribution >= 4 is 16.8 Å². The van der Waals surface area contributed by atoms with Crippen molar-refractivity contribution in [3.05, 3.63) is 64.3 Å². The Morgan fingerprint density at radius 2 is 1.81 bits per heavy atom. The number of aromatic amines is 1. The van der Waals surface area contributed by atoms with Crippen LogP contribution in [0.4, 0.5) is 0 Å². The lowest BCUT2D eigenvalue weighted by atomic mass is 10.0. The van der Waals surface area contributed by atoms with Crippen LogP contribution in [0.25, 0.3) is 10.9 Å². The number of aromatic nitrogens is 1. The zero-order valence-corrected chi connectivity index (χ0v) is 15.7. The summed E-state index contributed by atoms with van der Waals surface area (Å²) in [4.78, 5) is 18.1. The van der Waals surface area contributed by atoms with E-state index in [1.54, 1.807) is 0 Å². The van der Waals surface area contributed by atoms with Gasteiger partial charge in [-0.15, -0.1) is 0 Å². The fraction of sp³-hybridized carbons (Fsp3) is 0.318. The lowest BCUT2D eigenvalue weighted by Crippen LogP contribution is -2.56. The van der Waals surface area contributed by atoms with E-state index in [-0.39, 0.29) is 12.0 Å². The number of carbonyl (C=O) groups is 1. The lowest BCUT2D eigenvalue weighted by molar-refractivity contribution is 0.0171. The average Bonchev–Trinajstić information content (AvgIpc) is 2.89. The molecule has 4 heteroatoms. The number of hydrogen-bond donors (Lipinski definition) is 1. The fourth-order valence-corrected chi connectivity index (χ4v) is 3.70. The maximum atomic E-state index is 12.9. The van der Waals surface area contributed by atoms with Crippen molar-refractivity contribution < 1.29 is 9.53 Å². The molecule has 0 saturated carbocycles. The van der Waals surface area contributed by atoms with Crippen molar-refractivity contribution in [1.29, 1.82) is 0 Å². The summed E-state index contributed by atoms with van der Waals surface area (Å²) in [5, 5.41) is 1.14. The van der Waals surface area contributed by atoms with Gasteiger partial charge < -0.3 is 14.6 Å². The number of aryl methyl sites for hydroxylation is 4. The van der Waals surface area contributed by atoms with Crippen LogP contribution in [-0.4, -0.2) is 35.0 Å².